The molecule has 15 heavy (non-hydrogen) atoms. The van der Waals surface area contributed by atoms with Crippen LogP contribution in [0.1, 0.15) is 19.5 Å². The minimum Gasteiger partial charge on any atom is -0.364 e. The molecule has 2 rings (SSSR count). The fourth-order valence-corrected chi connectivity index (χ4v) is 2.19. The molecule has 1 aromatic heterocycles. The van der Waals surface area contributed by atoms with Crippen LogP contribution in [0.15, 0.2) is 21.8 Å². The van der Waals surface area contributed by atoms with Crippen LogP contribution in [0.25, 0.3) is 0 Å². The molecule has 0 spiro atoms. The van der Waals surface area contributed by atoms with Gasteiger partial charge in [0.25, 0.3) is 0 Å². The lowest BCUT2D eigenvalue weighted by Crippen LogP contribution is -2.31. The largest absolute Gasteiger partial charge is 0.364 e. The average molecular weight is 225 g/mol. The van der Waals surface area contributed by atoms with Gasteiger partial charge in [-0.25, -0.2) is 0 Å². The summed E-state index contributed by atoms with van der Waals surface area (Å²) in [6.45, 7) is 6.04. The fraction of sp³-hybridized carbons (Fsp3) is 0.600. The average Bonchev–Trinajstić information content (AvgIpc) is 2.69. The summed E-state index contributed by atoms with van der Waals surface area (Å²) >= 11 is 1.77. The predicted octanol–water partition coefficient (Wildman–Crippen LogP) is 1.89. The Morgan fingerprint density at radius 3 is 3.07 bits per heavy atom. The number of nitrogens with zero attached hydrogens (tertiary/aromatic N) is 2. The van der Waals surface area contributed by atoms with E-state index >= 15 is 0 Å². The third kappa shape index (κ3) is 2.99. The third-order valence-electron chi connectivity index (χ3n) is 2.16. The van der Waals surface area contributed by atoms with Crippen molar-refractivity contribution in [2.24, 2.45) is 10.4 Å². The second-order valence-electron chi connectivity index (χ2n) is 4.42. The molecule has 0 aliphatic carbocycles. The number of aromatic nitrogens is 1. The molecule has 0 fully saturated rings. The molecule has 1 aliphatic rings. The summed E-state index contributed by atoms with van der Waals surface area (Å²) in [7, 11) is 0. The van der Waals surface area contributed by atoms with Gasteiger partial charge in [-0.05, 0) is 5.41 Å². The molecule has 82 valence electrons. The summed E-state index contributed by atoms with van der Waals surface area (Å²) in [4.78, 5) is 4.49. The van der Waals surface area contributed by atoms with Crippen molar-refractivity contribution in [1.29, 1.82) is 0 Å². The highest BCUT2D eigenvalue weighted by Gasteiger charge is 2.23. The molecule has 0 bridgehead atoms. The Bertz CT molecular complexity index is 346. The SMILES string of the molecule is CC1(C)CN=C(NCc2ccon2)SC1. The van der Waals surface area contributed by atoms with Gasteiger partial charge in [-0.15, -0.1) is 0 Å². The van der Waals surface area contributed by atoms with E-state index in [0.29, 0.717) is 12.0 Å². The minimum absolute atomic E-state index is 0.323. The van der Waals surface area contributed by atoms with Crippen molar-refractivity contribution in [2.75, 3.05) is 12.3 Å². The molecule has 0 unspecified atom stereocenters. The van der Waals surface area contributed by atoms with Crippen molar-refractivity contribution in [2.45, 2.75) is 20.4 Å². The summed E-state index contributed by atoms with van der Waals surface area (Å²) in [5, 5.41) is 8.09. The first-order chi connectivity index (χ1) is 7.16. The van der Waals surface area contributed by atoms with E-state index in [4.69, 9.17) is 4.52 Å². The highest BCUT2D eigenvalue weighted by atomic mass is 32.2. The van der Waals surface area contributed by atoms with Crippen molar-refractivity contribution in [3.8, 4) is 0 Å². The molecule has 0 saturated heterocycles. The first-order valence-corrected chi connectivity index (χ1v) is 5.95. The number of thioether (sulfide) groups is 1. The molecule has 5 heteroatoms. The monoisotopic (exact) mass is 225 g/mol. The lowest BCUT2D eigenvalue weighted by molar-refractivity contribution is 0.410. The molecular weight excluding hydrogens is 210 g/mol. The standard InChI is InChI=1S/C10H15N3OS/c1-10(2)6-12-9(15-7-10)11-5-8-3-4-14-13-8/h3-4H,5-7H2,1-2H3,(H,11,12). The van der Waals surface area contributed by atoms with Gasteiger partial charge in [0.1, 0.15) is 12.0 Å². The van der Waals surface area contributed by atoms with Crippen LogP contribution in [0.2, 0.25) is 0 Å². The molecule has 0 atom stereocenters. The van der Waals surface area contributed by atoms with Crippen LogP contribution in [0.3, 0.4) is 0 Å². The Kier molecular flexibility index (Phi) is 3.00. The summed E-state index contributed by atoms with van der Waals surface area (Å²) < 4.78 is 4.75. The van der Waals surface area contributed by atoms with Crippen molar-refractivity contribution in [3.63, 3.8) is 0 Å². The molecule has 1 aromatic rings. The second-order valence-corrected chi connectivity index (χ2v) is 5.38. The van der Waals surface area contributed by atoms with E-state index in [2.05, 4.69) is 29.3 Å². The van der Waals surface area contributed by atoms with Gasteiger partial charge in [0.2, 0.25) is 0 Å². The van der Waals surface area contributed by atoms with Crippen molar-refractivity contribution in [3.05, 3.63) is 18.0 Å². The van der Waals surface area contributed by atoms with Crippen LogP contribution in [-0.2, 0) is 6.54 Å². The second kappa shape index (κ2) is 4.26. The van der Waals surface area contributed by atoms with Gasteiger partial charge in [0, 0.05) is 18.4 Å². The van der Waals surface area contributed by atoms with Gasteiger partial charge in [0.15, 0.2) is 5.17 Å². The Balaban J connectivity index is 1.84. The maximum Gasteiger partial charge on any atom is 0.156 e. The van der Waals surface area contributed by atoms with Crippen molar-refractivity contribution < 1.29 is 4.52 Å². The van der Waals surface area contributed by atoms with E-state index in [9.17, 15) is 0 Å². The molecule has 4 nitrogen and oxygen atoms in total. The highest BCUT2D eigenvalue weighted by Crippen LogP contribution is 2.26. The Labute approximate surface area is 93.5 Å². The number of rotatable bonds is 2. The van der Waals surface area contributed by atoms with Crippen LogP contribution >= 0.6 is 11.8 Å². The fourth-order valence-electron chi connectivity index (χ4n) is 1.24. The van der Waals surface area contributed by atoms with E-state index in [1.165, 1.54) is 0 Å². The first kappa shape index (κ1) is 10.5. The molecule has 2 heterocycles. The maximum absolute atomic E-state index is 4.75. The Morgan fingerprint density at radius 1 is 1.60 bits per heavy atom. The number of hydrogen-bond acceptors (Lipinski definition) is 5. The molecule has 0 aromatic carbocycles. The van der Waals surface area contributed by atoms with Gasteiger partial charge in [0.05, 0.1) is 6.54 Å². The maximum atomic E-state index is 4.75. The molecular formula is C10H15N3OS. The van der Waals surface area contributed by atoms with Gasteiger partial charge in [-0.2, -0.15) is 0 Å². The normalized spacial score (nSPS) is 19.7. The van der Waals surface area contributed by atoms with E-state index in [1.54, 1.807) is 18.0 Å². The number of aliphatic imine (C=N–C) groups is 1. The predicted molar refractivity (Wildman–Crippen MR) is 61.9 cm³/mol. The molecule has 1 aliphatic heterocycles. The summed E-state index contributed by atoms with van der Waals surface area (Å²) in [5.41, 5.74) is 1.23. The van der Waals surface area contributed by atoms with Crippen LogP contribution in [0.4, 0.5) is 0 Å². The molecule has 0 amide bonds. The lowest BCUT2D eigenvalue weighted by Gasteiger charge is -2.27. The Hall–Kier alpha value is -0.970. The number of amidine groups is 1. The van der Waals surface area contributed by atoms with Crippen LogP contribution < -0.4 is 5.32 Å². The van der Waals surface area contributed by atoms with Gasteiger partial charge in [-0.3, -0.25) is 4.99 Å². The van der Waals surface area contributed by atoms with E-state index in [1.807, 2.05) is 6.07 Å². The zero-order valence-electron chi connectivity index (χ0n) is 8.99. The lowest BCUT2D eigenvalue weighted by atomic mass is 9.97. The quantitative estimate of drug-likeness (QED) is 0.835. The number of nitrogens with one attached hydrogen (secondary N) is 1. The van der Waals surface area contributed by atoms with Crippen molar-refractivity contribution >= 4 is 16.9 Å². The summed E-state index contributed by atoms with van der Waals surface area (Å²) in [5.74, 6) is 1.11. The first-order valence-electron chi connectivity index (χ1n) is 4.96. The van der Waals surface area contributed by atoms with Crippen LogP contribution in [0.5, 0.6) is 0 Å². The van der Waals surface area contributed by atoms with Gasteiger partial charge in [-0.1, -0.05) is 30.8 Å². The zero-order chi connectivity index (χ0) is 10.7. The molecule has 1 N–H and O–H groups in total. The van der Waals surface area contributed by atoms with Crippen LogP contribution in [-0.4, -0.2) is 22.6 Å². The Morgan fingerprint density at radius 2 is 2.47 bits per heavy atom. The minimum atomic E-state index is 0.323. The number of hydrogen-bond donors (Lipinski definition) is 1. The highest BCUT2D eigenvalue weighted by molar-refractivity contribution is 8.13. The van der Waals surface area contributed by atoms with E-state index < -0.39 is 0 Å². The van der Waals surface area contributed by atoms with Gasteiger partial charge < -0.3 is 9.84 Å². The topological polar surface area (TPSA) is 50.4 Å². The summed E-state index contributed by atoms with van der Waals surface area (Å²) in [6, 6.07) is 1.85. The van der Waals surface area contributed by atoms with Gasteiger partial charge >= 0.3 is 0 Å². The zero-order valence-corrected chi connectivity index (χ0v) is 9.80. The van der Waals surface area contributed by atoms with E-state index in [0.717, 1.165) is 23.2 Å². The van der Waals surface area contributed by atoms with Crippen molar-refractivity contribution in [1.82, 2.24) is 10.5 Å². The third-order valence-corrected chi connectivity index (χ3v) is 3.63. The molecule has 0 radical (unpaired) electrons. The van der Waals surface area contributed by atoms with E-state index in [-0.39, 0.29) is 0 Å². The smallest absolute Gasteiger partial charge is 0.156 e. The summed E-state index contributed by atoms with van der Waals surface area (Å²) in [6.07, 6.45) is 1.58. The molecule has 0 saturated carbocycles. The van der Waals surface area contributed by atoms with Crippen LogP contribution in [0, 0.1) is 5.41 Å².